The van der Waals surface area contributed by atoms with Crippen LogP contribution in [0.25, 0.3) is 0 Å². The van der Waals surface area contributed by atoms with Gasteiger partial charge in [0.25, 0.3) is 5.91 Å². The van der Waals surface area contributed by atoms with Crippen LogP contribution in [0.3, 0.4) is 0 Å². The maximum atomic E-state index is 13.3. The topological polar surface area (TPSA) is 20.3 Å². The van der Waals surface area contributed by atoms with E-state index in [9.17, 15) is 9.18 Å². The summed E-state index contributed by atoms with van der Waals surface area (Å²) in [5.41, 5.74) is 3.02. The van der Waals surface area contributed by atoms with Crippen LogP contribution in [-0.2, 0) is 6.42 Å². The number of carbonyl (C=O) groups is 1. The molecule has 108 valence electrons. The Balaban J connectivity index is 1.87. The predicted octanol–water partition coefficient (Wildman–Crippen LogP) is 4.35. The summed E-state index contributed by atoms with van der Waals surface area (Å²) in [6, 6.07) is 12.7. The molecule has 0 bridgehead atoms. The van der Waals surface area contributed by atoms with Crippen molar-refractivity contribution in [2.75, 3.05) is 7.05 Å². The molecule has 0 aliphatic heterocycles. The number of aryl methyl sites for hydroxylation is 1. The van der Waals surface area contributed by atoms with E-state index in [-0.39, 0.29) is 17.8 Å². The van der Waals surface area contributed by atoms with Crippen molar-refractivity contribution in [2.24, 2.45) is 0 Å². The zero-order chi connectivity index (χ0) is 15.0. The fourth-order valence-electron chi connectivity index (χ4n) is 2.91. The number of halogens is 2. The van der Waals surface area contributed by atoms with E-state index in [4.69, 9.17) is 0 Å². The minimum absolute atomic E-state index is 0.0857. The van der Waals surface area contributed by atoms with Crippen molar-refractivity contribution in [3.05, 3.63) is 69.4 Å². The Bertz CT molecular complexity index is 701. The molecule has 2 aromatic carbocycles. The molecule has 2 aromatic rings. The molecule has 1 atom stereocenters. The zero-order valence-corrected chi connectivity index (χ0v) is 13.2. The van der Waals surface area contributed by atoms with Gasteiger partial charge in [-0.3, -0.25) is 4.79 Å². The Morgan fingerprint density at radius 2 is 2.05 bits per heavy atom. The van der Waals surface area contributed by atoms with E-state index in [2.05, 4.69) is 28.1 Å². The molecule has 0 saturated carbocycles. The Morgan fingerprint density at radius 3 is 2.81 bits per heavy atom. The predicted molar refractivity (Wildman–Crippen MR) is 83.7 cm³/mol. The first kappa shape index (κ1) is 14.3. The number of nitrogens with zero attached hydrogens (tertiary/aromatic N) is 1. The maximum Gasteiger partial charge on any atom is 0.254 e. The third-order valence-corrected chi connectivity index (χ3v) is 4.66. The lowest BCUT2D eigenvalue weighted by Crippen LogP contribution is -2.30. The Labute approximate surface area is 131 Å². The molecular weight excluding hydrogens is 333 g/mol. The van der Waals surface area contributed by atoms with E-state index in [1.165, 1.54) is 29.3 Å². The summed E-state index contributed by atoms with van der Waals surface area (Å²) in [7, 11) is 1.81. The zero-order valence-electron chi connectivity index (χ0n) is 11.6. The van der Waals surface area contributed by atoms with Crippen LogP contribution in [0.5, 0.6) is 0 Å². The highest BCUT2D eigenvalue weighted by Gasteiger charge is 2.28. The number of benzene rings is 2. The van der Waals surface area contributed by atoms with Gasteiger partial charge in [-0.2, -0.15) is 0 Å². The number of rotatable bonds is 2. The highest BCUT2D eigenvalue weighted by atomic mass is 79.9. The largest absolute Gasteiger partial charge is 0.335 e. The van der Waals surface area contributed by atoms with Gasteiger partial charge in [0.1, 0.15) is 5.82 Å². The molecule has 0 fully saturated rings. The summed E-state index contributed by atoms with van der Waals surface area (Å²) < 4.78 is 13.6. The SMILES string of the molecule is CN(C(=O)c1ccc(F)c(Br)c1)C1CCc2ccccc21. The standard InChI is InChI=1S/C17H15BrFNO/c1-20(16-9-7-11-4-2-3-5-13(11)16)17(21)12-6-8-15(19)14(18)10-12/h2-6,8,10,16H,7,9H2,1H3. The normalized spacial score (nSPS) is 16.6. The van der Waals surface area contributed by atoms with Crippen molar-refractivity contribution in [1.29, 1.82) is 0 Å². The van der Waals surface area contributed by atoms with Crippen molar-refractivity contribution in [3.8, 4) is 0 Å². The second-order valence-corrected chi connectivity index (χ2v) is 6.15. The second kappa shape index (κ2) is 5.60. The fourth-order valence-corrected chi connectivity index (χ4v) is 3.29. The Morgan fingerprint density at radius 1 is 1.29 bits per heavy atom. The number of fused-ring (bicyclic) bond motifs is 1. The van der Waals surface area contributed by atoms with Crippen molar-refractivity contribution in [2.45, 2.75) is 18.9 Å². The van der Waals surface area contributed by atoms with Crippen LogP contribution in [0.1, 0.15) is 33.9 Å². The third-order valence-electron chi connectivity index (χ3n) is 4.06. The van der Waals surface area contributed by atoms with Crippen molar-refractivity contribution in [1.82, 2.24) is 4.90 Å². The Kier molecular flexibility index (Phi) is 3.81. The minimum atomic E-state index is -0.361. The van der Waals surface area contributed by atoms with Crippen molar-refractivity contribution in [3.63, 3.8) is 0 Å². The van der Waals surface area contributed by atoms with Crippen LogP contribution < -0.4 is 0 Å². The summed E-state index contributed by atoms with van der Waals surface area (Å²) in [6.07, 6.45) is 1.93. The van der Waals surface area contributed by atoms with Gasteiger partial charge in [0.15, 0.2) is 0 Å². The number of hydrogen-bond donors (Lipinski definition) is 0. The summed E-state index contributed by atoms with van der Waals surface area (Å²) in [5.74, 6) is -0.446. The molecule has 0 saturated heterocycles. The van der Waals surface area contributed by atoms with Crippen LogP contribution in [0.2, 0.25) is 0 Å². The number of carbonyl (C=O) groups excluding carboxylic acids is 1. The minimum Gasteiger partial charge on any atom is -0.335 e. The van der Waals surface area contributed by atoms with Gasteiger partial charge in [-0.05, 0) is 58.1 Å². The molecule has 0 spiro atoms. The van der Waals surface area contributed by atoms with Gasteiger partial charge < -0.3 is 4.90 Å². The van der Waals surface area contributed by atoms with E-state index in [0.29, 0.717) is 10.0 Å². The molecule has 2 nitrogen and oxygen atoms in total. The molecule has 3 rings (SSSR count). The molecule has 4 heteroatoms. The summed E-state index contributed by atoms with van der Waals surface area (Å²) in [6.45, 7) is 0. The number of amides is 1. The summed E-state index contributed by atoms with van der Waals surface area (Å²) in [4.78, 5) is 14.3. The van der Waals surface area contributed by atoms with Crippen LogP contribution in [0.15, 0.2) is 46.9 Å². The quantitative estimate of drug-likeness (QED) is 0.790. The van der Waals surface area contributed by atoms with Crippen LogP contribution >= 0.6 is 15.9 Å². The highest BCUT2D eigenvalue weighted by Crippen LogP contribution is 2.35. The van der Waals surface area contributed by atoms with Crippen LogP contribution in [-0.4, -0.2) is 17.9 Å². The molecule has 0 aromatic heterocycles. The van der Waals surface area contributed by atoms with Gasteiger partial charge in [-0.1, -0.05) is 24.3 Å². The number of hydrogen-bond acceptors (Lipinski definition) is 1. The van der Waals surface area contributed by atoms with Gasteiger partial charge in [-0.25, -0.2) is 4.39 Å². The van der Waals surface area contributed by atoms with Crippen LogP contribution in [0, 0.1) is 5.82 Å². The van der Waals surface area contributed by atoms with E-state index in [1.54, 1.807) is 4.90 Å². The average molecular weight is 348 g/mol. The van der Waals surface area contributed by atoms with Gasteiger partial charge >= 0.3 is 0 Å². The molecule has 1 amide bonds. The van der Waals surface area contributed by atoms with E-state index < -0.39 is 0 Å². The molecule has 1 aliphatic rings. The van der Waals surface area contributed by atoms with E-state index in [1.807, 2.05) is 19.2 Å². The summed E-state index contributed by atoms with van der Waals surface area (Å²) in [5, 5.41) is 0. The molecule has 0 heterocycles. The molecule has 0 N–H and O–H groups in total. The first-order valence-corrected chi connectivity index (χ1v) is 7.67. The third kappa shape index (κ3) is 2.60. The van der Waals surface area contributed by atoms with Gasteiger partial charge in [0.05, 0.1) is 10.5 Å². The smallest absolute Gasteiger partial charge is 0.254 e. The second-order valence-electron chi connectivity index (χ2n) is 5.30. The van der Waals surface area contributed by atoms with Crippen molar-refractivity contribution >= 4 is 21.8 Å². The molecule has 1 aliphatic carbocycles. The molecule has 21 heavy (non-hydrogen) atoms. The first-order chi connectivity index (χ1) is 10.1. The van der Waals surface area contributed by atoms with E-state index in [0.717, 1.165) is 12.8 Å². The van der Waals surface area contributed by atoms with Gasteiger partial charge in [-0.15, -0.1) is 0 Å². The Hall–Kier alpha value is -1.68. The lowest BCUT2D eigenvalue weighted by Gasteiger charge is -2.25. The lowest BCUT2D eigenvalue weighted by atomic mass is 10.1. The van der Waals surface area contributed by atoms with E-state index >= 15 is 0 Å². The summed E-state index contributed by atoms with van der Waals surface area (Å²) >= 11 is 3.13. The van der Waals surface area contributed by atoms with Gasteiger partial charge in [0, 0.05) is 12.6 Å². The molecular formula is C17H15BrFNO. The monoisotopic (exact) mass is 347 g/mol. The van der Waals surface area contributed by atoms with Gasteiger partial charge in [0.2, 0.25) is 0 Å². The molecule has 0 radical (unpaired) electrons. The first-order valence-electron chi connectivity index (χ1n) is 6.88. The molecule has 1 unspecified atom stereocenters. The van der Waals surface area contributed by atoms with Crippen molar-refractivity contribution < 1.29 is 9.18 Å². The maximum absolute atomic E-state index is 13.3. The van der Waals surface area contributed by atoms with Crippen LogP contribution in [0.4, 0.5) is 4.39 Å². The lowest BCUT2D eigenvalue weighted by molar-refractivity contribution is 0.0730. The fraction of sp³-hybridized carbons (Fsp3) is 0.235. The highest BCUT2D eigenvalue weighted by molar-refractivity contribution is 9.10. The average Bonchev–Trinajstić information content (AvgIpc) is 2.92.